The summed E-state index contributed by atoms with van der Waals surface area (Å²) in [7, 11) is 1.80. The van der Waals surface area contributed by atoms with Crippen LogP contribution in [0.15, 0.2) is 24.3 Å². The van der Waals surface area contributed by atoms with Crippen LogP contribution in [0, 0.1) is 0 Å². The number of benzene rings is 1. The number of hydrogen-bond acceptors (Lipinski definition) is 5. The van der Waals surface area contributed by atoms with Crippen LogP contribution in [-0.4, -0.2) is 80.0 Å². The molecule has 7 heteroatoms. The van der Waals surface area contributed by atoms with Crippen molar-refractivity contribution in [3.63, 3.8) is 0 Å². The van der Waals surface area contributed by atoms with E-state index in [1.54, 1.807) is 11.9 Å². The maximum Gasteiger partial charge on any atom is 0.317 e. The predicted octanol–water partition coefficient (Wildman–Crippen LogP) is 1.83. The van der Waals surface area contributed by atoms with Crippen LogP contribution >= 0.6 is 11.6 Å². The first-order valence-electron chi connectivity index (χ1n) is 8.15. The Kier molecular flexibility index (Phi) is 7.78. The topological polar surface area (TPSA) is 62.2 Å². The van der Waals surface area contributed by atoms with E-state index in [-0.39, 0.29) is 12.6 Å². The van der Waals surface area contributed by atoms with Crippen LogP contribution in [0.1, 0.15) is 6.42 Å². The normalized spacial score (nSPS) is 18.7. The van der Waals surface area contributed by atoms with E-state index in [1.165, 1.54) is 0 Å². The van der Waals surface area contributed by atoms with E-state index in [2.05, 4.69) is 4.90 Å². The van der Waals surface area contributed by atoms with Gasteiger partial charge in [-0.05, 0) is 31.7 Å². The molecule has 0 radical (unpaired) electrons. The fraction of sp³-hybridized carbons (Fsp3) is 0.588. The molecule has 6 nitrogen and oxygen atoms in total. The van der Waals surface area contributed by atoms with Crippen molar-refractivity contribution < 1.29 is 19.4 Å². The Hall–Kier alpha value is -1.34. The summed E-state index contributed by atoms with van der Waals surface area (Å²) < 4.78 is 11.4. The number of morpholine rings is 1. The van der Waals surface area contributed by atoms with Crippen LogP contribution in [0.3, 0.4) is 0 Å². The van der Waals surface area contributed by atoms with Crippen molar-refractivity contribution in [3.8, 4) is 5.75 Å². The Bertz CT molecular complexity index is 529. The summed E-state index contributed by atoms with van der Waals surface area (Å²) in [6.07, 6.45) is 0.974. The molecule has 0 bridgehead atoms. The van der Waals surface area contributed by atoms with Gasteiger partial charge < -0.3 is 14.6 Å². The molecule has 2 rings (SSSR count). The highest BCUT2D eigenvalue weighted by molar-refractivity contribution is 6.30. The molecule has 1 aromatic carbocycles. The molecule has 1 unspecified atom stereocenters. The number of carboxylic acids is 1. The Balaban J connectivity index is 1.64. The van der Waals surface area contributed by atoms with Gasteiger partial charge in [0.2, 0.25) is 0 Å². The lowest BCUT2D eigenvalue weighted by Gasteiger charge is -2.34. The first-order valence-corrected chi connectivity index (χ1v) is 8.53. The summed E-state index contributed by atoms with van der Waals surface area (Å²) in [4.78, 5) is 14.8. The van der Waals surface area contributed by atoms with E-state index in [1.807, 2.05) is 24.3 Å². The van der Waals surface area contributed by atoms with Gasteiger partial charge in [0.25, 0.3) is 0 Å². The van der Waals surface area contributed by atoms with Crippen LogP contribution in [-0.2, 0) is 9.53 Å². The number of aliphatic carboxylic acids is 1. The van der Waals surface area contributed by atoms with Crippen molar-refractivity contribution >= 4 is 17.6 Å². The van der Waals surface area contributed by atoms with Crippen molar-refractivity contribution in [2.24, 2.45) is 0 Å². The lowest BCUT2D eigenvalue weighted by Crippen LogP contribution is -2.47. The van der Waals surface area contributed by atoms with Crippen molar-refractivity contribution in [3.05, 3.63) is 29.3 Å². The molecule has 1 atom stereocenters. The van der Waals surface area contributed by atoms with E-state index in [0.29, 0.717) is 24.8 Å². The highest BCUT2D eigenvalue weighted by Crippen LogP contribution is 2.17. The molecule has 0 amide bonds. The Morgan fingerprint density at radius 1 is 1.54 bits per heavy atom. The average Bonchev–Trinajstić information content (AvgIpc) is 2.51. The Morgan fingerprint density at radius 3 is 3.12 bits per heavy atom. The standard InChI is InChI=1S/C17H25ClN2O4/c1-19(13-17(21)22)11-16-12-20(7-9-24-16)6-3-8-23-15-5-2-4-14(18)10-15/h2,4-5,10,16H,3,6-9,11-13H2,1H3,(H,21,22). The molecule has 1 heterocycles. The molecule has 1 aliphatic rings. The van der Waals surface area contributed by atoms with Crippen LogP contribution in [0.4, 0.5) is 0 Å². The van der Waals surface area contributed by atoms with E-state index in [0.717, 1.165) is 31.8 Å². The summed E-state index contributed by atoms with van der Waals surface area (Å²) in [6, 6.07) is 7.40. The molecule has 1 saturated heterocycles. The molecule has 1 aromatic rings. The summed E-state index contributed by atoms with van der Waals surface area (Å²) in [5.41, 5.74) is 0. The highest BCUT2D eigenvalue weighted by atomic mass is 35.5. The number of carboxylic acid groups (broad SMARTS) is 1. The minimum absolute atomic E-state index is 0.0351. The van der Waals surface area contributed by atoms with E-state index < -0.39 is 5.97 Å². The van der Waals surface area contributed by atoms with Gasteiger partial charge >= 0.3 is 5.97 Å². The maximum atomic E-state index is 10.7. The largest absolute Gasteiger partial charge is 0.493 e. The fourth-order valence-corrected chi connectivity index (χ4v) is 2.95. The summed E-state index contributed by atoms with van der Waals surface area (Å²) >= 11 is 5.93. The molecule has 24 heavy (non-hydrogen) atoms. The number of hydrogen-bond donors (Lipinski definition) is 1. The summed E-state index contributed by atoms with van der Waals surface area (Å²) in [6.45, 7) is 4.64. The summed E-state index contributed by atoms with van der Waals surface area (Å²) in [5.74, 6) is -0.0269. The van der Waals surface area contributed by atoms with Gasteiger partial charge in [-0.2, -0.15) is 0 Å². The second kappa shape index (κ2) is 9.84. The first kappa shape index (κ1) is 19.0. The number of halogens is 1. The zero-order valence-electron chi connectivity index (χ0n) is 14.0. The zero-order chi connectivity index (χ0) is 17.4. The molecule has 1 N–H and O–H groups in total. The quantitative estimate of drug-likeness (QED) is 0.681. The smallest absolute Gasteiger partial charge is 0.317 e. The minimum Gasteiger partial charge on any atom is -0.493 e. The van der Waals surface area contributed by atoms with Gasteiger partial charge in [0, 0.05) is 31.2 Å². The molecular weight excluding hydrogens is 332 g/mol. The molecule has 1 aliphatic heterocycles. The highest BCUT2D eigenvalue weighted by Gasteiger charge is 2.22. The lowest BCUT2D eigenvalue weighted by molar-refractivity contribution is -0.138. The number of nitrogens with zero attached hydrogens (tertiary/aromatic N) is 2. The van der Waals surface area contributed by atoms with Crippen molar-refractivity contribution in [1.82, 2.24) is 9.80 Å². The lowest BCUT2D eigenvalue weighted by atomic mass is 10.2. The third kappa shape index (κ3) is 7.05. The molecule has 0 spiro atoms. The SMILES string of the molecule is CN(CC(=O)O)CC1CN(CCCOc2cccc(Cl)c2)CCO1. The minimum atomic E-state index is -0.816. The van der Waals surface area contributed by atoms with Gasteiger partial charge in [-0.25, -0.2) is 0 Å². The fourth-order valence-electron chi connectivity index (χ4n) is 2.77. The summed E-state index contributed by atoms with van der Waals surface area (Å²) in [5, 5.41) is 9.48. The van der Waals surface area contributed by atoms with Gasteiger partial charge in [0.1, 0.15) is 5.75 Å². The van der Waals surface area contributed by atoms with Crippen molar-refractivity contribution in [1.29, 1.82) is 0 Å². The van der Waals surface area contributed by atoms with E-state index in [9.17, 15) is 4.79 Å². The molecular formula is C17H25ClN2O4. The van der Waals surface area contributed by atoms with Gasteiger partial charge in [-0.15, -0.1) is 0 Å². The molecule has 0 aromatic heterocycles. The van der Waals surface area contributed by atoms with Crippen LogP contribution in [0.2, 0.25) is 5.02 Å². The van der Waals surface area contributed by atoms with Crippen molar-refractivity contribution in [2.75, 3.05) is 53.0 Å². The average molecular weight is 357 g/mol. The first-order chi connectivity index (χ1) is 11.5. The number of likely N-dealkylation sites (N-methyl/N-ethyl adjacent to an activating group) is 1. The van der Waals surface area contributed by atoms with Crippen LogP contribution in [0.5, 0.6) is 5.75 Å². The second-order valence-corrected chi connectivity index (χ2v) is 6.48. The van der Waals surface area contributed by atoms with Gasteiger partial charge in [-0.3, -0.25) is 14.6 Å². The van der Waals surface area contributed by atoms with Crippen molar-refractivity contribution in [2.45, 2.75) is 12.5 Å². The molecule has 0 aliphatic carbocycles. The third-order valence-corrected chi connectivity index (χ3v) is 4.06. The van der Waals surface area contributed by atoms with E-state index >= 15 is 0 Å². The van der Waals surface area contributed by atoms with Gasteiger partial charge in [0.05, 0.1) is 25.9 Å². The maximum absolute atomic E-state index is 10.7. The van der Waals surface area contributed by atoms with Crippen LogP contribution in [0.25, 0.3) is 0 Å². The number of ether oxygens (including phenoxy) is 2. The molecule has 1 fully saturated rings. The number of rotatable bonds is 9. The van der Waals surface area contributed by atoms with Gasteiger partial charge in [0.15, 0.2) is 0 Å². The number of carbonyl (C=O) groups is 1. The zero-order valence-corrected chi connectivity index (χ0v) is 14.7. The predicted molar refractivity (Wildman–Crippen MR) is 92.9 cm³/mol. The Labute approximate surface area is 147 Å². The Morgan fingerprint density at radius 2 is 2.38 bits per heavy atom. The third-order valence-electron chi connectivity index (χ3n) is 3.83. The second-order valence-electron chi connectivity index (χ2n) is 6.04. The van der Waals surface area contributed by atoms with Crippen LogP contribution < -0.4 is 4.74 Å². The molecule has 0 saturated carbocycles. The monoisotopic (exact) mass is 356 g/mol. The van der Waals surface area contributed by atoms with E-state index in [4.69, 9.17) is 26.2 Å². The molecule has 134 valence electrons. The van der Waals surface area contributed by atoms with Gasteiger partial charge in [-0.1, -0.05) is 17.7 Å².